The van der Waals surface area contributed by atoms with Crippen molar-refractivity contribution in [2.75, 3.05) is 21.1 Å². The predicted octanol–water partition coefficient (Wildman–Crippen LogP) is -1.11. The van der Waals surface area contributed by atoms with Gasteiger partial charge in [-0.3, -0.25) is 9.05 Å². The molecule has 0 atom stereocenters. The van der Waals surface area contributed by atoms with Gasteiger partial charge in [0.15, 0.2) is 5.82 Å². The van der Waals surface area contributed by atoms with Crippen molar-refractivity contribution >= 4 is 5.95 Å². The molecule has 0 bridgehead atoms. The van der Waals surface area contributed by atoms with Crippen molar-refractivity contribution < 1.29 is 5.11 Å². The molecule has 0 aromatic carbocycles. The third kappa shape index (κ3) is 1.59. The van der Waals surface area contributed by atoms with Gasteiger partial charge in [-0.1, -0.05) is 0 Å². The van der Waals surface area contributed by atoms with Crippen LogP contribution in [0.4, 0.5) is 5.95 Å². The highest BCUT2D eigenvalue weighted by Gasteiger charge is 2.25. The van der Waals surface area contributed by atoms with E-state index in [0.717, 1.165) is 4.57 Å². The molecule has 0 saturated carbocycles. The zero-order valence-electron chi connectivity index (χ0n) is 10.6. The lowest BCUT2D eigenvalue weighted by atomic mass is 10.4. The van der Waals surface area contributed by atoms with E-state index in [1.54, 1.807) is 7.05 Å². The second-order valence-electron chi connectivity index (χ2n) is 4.91. The van der Waals surface area contributed by atoms with Crippen molar-refractivity contribution in [1.29, 1.82) is 0 Å². The van der Waals surface area contributed by atoms with E-state index in [1.165, 1.54) is 11.6 Å². The summed E-state index contributed by atoms with van der Waals surface area (Å²) in [5, 5.41) is 11.9. The Bertz CT molecular complexity index is 605. The Morgan fingerprint density at radius 1 is 1.12 bits per heavy atom. The molecule has 0 radical (unpaired) electrons. The normalized spacial score (nSPS) is 12.3. The van der Waals surface area contributed by atoms with Crippen molar-refractivity contribution in [2.45, 2.75) is 0 Å². The summed E-state index contributed by atoms with van der Waals surface area (Å²) < 4.78 is 2.77. The average Bonchev–Trinajstić information content (AvgIpc) is 2.67. The van der Waals surface area contributed by atoms with E-state index >= 15 is 0 Å². The van der Waals surface area contributed by atoms with E-state index in [2.05, 4.69) is 9.97 Å². The second kappa shape index (κ2) is 3.30. The monoisotopic (exact) mass is 237 g/mol. The van der Waals surface area contributed by atoms with Gasteiger partial charge in [0.1, 0.15) is 5.69 Å². The molecule has 0 unspecified atom stereocenters. The van der Waals surface area contributed by atoms with Gasteiger partial charge in [0.05, 0.1) is 21.1 Å². The van der Waals surface area contributed by atoms with E-state index in [0.29, 0.717) is 16.3 Å². The molecule has 0 spiro atoms. The summed E-state index contributed by atoms with van der Waals surface area (Å²) in [4.78, 5) is 20.2. The summed E-state index contributed by atoms with van der Waals surface area (Å²) in [5.74, 6) is 0.440. The van der Waals surface area contributed by atoms with Crippen molar-refractivity contribution in [3.8, 4) is 17.4 Å². The number of nitrogens with zero attached hydrogens (tertiary/aromatic N) is 5. The zero-order valence-corrected chi connectivity index (χ0v) is 10.6. The van der Waals surface area contributed by atoms with Crippen LogP contribution in [0, 0.1) is 0 Å². The molecular weight excluding hydrogens is 222 g/mol. The summed E-state index contributed by atoms with van der Waals surface area (Å²) in [5.41, 5.74) is -0.159. The lowest BCUT2D eigenvalue weighted by Crippen LogP contribution is -2.35. The lowest BCUT2D eigenvalue weighted by Gasteiger charge is -2.17. The largest absolute Gasteiger partial charge is 0.858 e. The third-order valence-electron chi connectivity index (χ3n) is 2.63. The van der Waals surface area contributed by atoms with Crippen molar-refractivity contribution in [3.63, 3.8) is 0 Å². The van der Waals surface area contributed by atoms with Gasteiger partial charge in [0, 0.05) is 14.1 Å². The van der Waals surface area contributed by atoms with Gasteiger partial charge < -0.3 is 9.67 Å². The number of aromatic nitrogens is 4. The quantitative estimate of drug-likeness (QED) is 0.589. The smallest absolute Gasteiger partial charge is 0.331 e. The molecule has 0 aliphatic carbocycles. The van der Waals surface area contributed by atoms with Gasteiger partial charge in [-0.25, -0.2) is 4.79 Å². The minimum atomic E-state index is -0.407. The number of hydrogen-bond acceptors (Lipinski definition) is 4. The molecule has 2 aliphatic heterocycles. The molecule has 7 nitrogen and oxygen atoms in total. The minimum Gasteiger partial charge on any atom is -0.858 e. The van der Waals surface area contributed by atoms with Crippen LogP contribution in [0.25, 0.3) is 11.5 Å². The van der Waals surface area contributed by atoms with E-state index in [-0.39, 0.29) is 5.69 Å². The van der Waals surface area contributed by atoms with Gasteiger partial charge in [-0.05, 0) is 5.88 Å². The zero-order chi connectivity index (χ0) is 13.0. The molecule has 0 saturated heterocycles. The second-order valence-corrected chi connectivity index (χ2v) is 4.91. The Labute approximate surface area is 98.5 Å². The predicted molar refractivity (Wildman–Crippen MR) is 61.9 cm³/mol. The van der Waals surface area contributed by atoms with Gasteiger partial charge >= 0.3 is 11.6 Å². The number of imidazole rings is 1. The molecular formula is C10H15N5O2. The fourth-order valence-corrected chi connectivity index (χ4v) is 1.56. The summed E-state index contributed by atoms with van der Waals surface area (Å²) in [7, 11) is 8.72. The standard InChI is InChI=1S/C10H15N5O2/c1-13-7-6(8(16)14(2)10(13)17)11-9(12-7)15(3,4)5/h1-5H3. The number of rotatable bonds is 1. The minimum absolute atomic E-state index is 0.234. The number of hydrogen-bond donors (Lipinski definition) is 0. The van der Waals surface area contributed by atoms with Gasteiger partial charge in [-0.2, -0.15) is 9.97 Å². The van der Waals surface area contributed by atoms with E-state index in [4.69, 9.17) is 0 Å². The van der Waals surface area contributed by atoms with Crippen LogP contribution in [0.15, 0.2) is 4.79 Å². The van der Waals surface area contributed by atoms with E-state index in [9.17, 15) is 9.90 Å². The van der Waals surface area contributed by atoms with Gasteiger partial charge in [0.25, 0.3) is 0 Å². The van der Waals surface area contributed by atoms with Crippen LogP contribution in [0.1, 0.15) is 0 Å². The molecule has 2 rings (SSSR count). The fourth-order valence-electron chi connectivity index (χ4n) is 1.56. The van der Waals surface area contributed by atoms with Crippen molar-refractivity contribution in [1.82, 2.24) is 23.6 Å². The topological polar surface area (TPSA) is 75.8 Å². The van der Waals surface area contributed by atoms with E-state index in [1.807, 2.05) is 21.1 Å². The van der Waals surface area contributed by atoms with Crippen LogP contribution in [0.2, 0.25) is 0 Å². The molecule has 92 valence electrons. The third-order valence-corrected chi connectivity index (χ3v) is 2.63. The number of quaternary nitrogens is 1. The summed E-state index contributed by atoms with van der Waals surface area (Å²) in [6.07, 6.45) is 0. The molecule has 0 fully saturated rings. The number of fused-ring (bicyclic) bond motifs is 1. The summed E-state index contributed by atoms with van der Waals surface area (Å²) in [6, 6.07) is 0. The Balaban J connectivity index is 2.87. The highest BCUT2D eigenvalue weighted by molar-refractivity contribution is 5.61. The first-order valence-electron chi connectivity index (χ1n) is 5.16. The van der Waals surface area contributed by atoms with Crippen LogP contribution in [-0.4, -0.2) is 40.2 Å². The Kier molecular flexibility index (Phi) is 2.25. The van der Waals surface area contributed by atoms with Crippen LogP contribution in [0.3, 0.4) is 0 Å². The lowest BCUT2D eigenvalue weighted by molar-refractivity contribution is -0.278. The van der Waals surface area contributed by atoms with Gasteiger partial charge in [-0.15, -0.1) is 0 Å². The highest BCUT2D eigenvalue weighted by atomic mass is 16.3. The molecule has 2 aliphatic rings. The first kappa shape index (κ1) is 11.6. The van der Waals surface area contributed by atoms with Crippen LogP contribution in [0.5, 0.6) is 5.88 Å². The highest BCUT2D eigenvalue weighted by Crippen LogP contribution is 2.27. The van der Waals surface area contributed by atoms with Crippen molar-refractivity contribution in [3.05, 3.63) is 10.5 Å². The Hall–Kier alpha value is -1.89. The molecule has 0 amide bonds. The maximum atomic E-state index is 11.9. The SMILES string of the molecule is Cn1c2nc([N+](C)(C)C)nc-2c([O-])n(C)c1=O. The molecule has 0 aromatic rings. The van der Waals surface area contributed by atoms with Gasteiger partial charge in [0.2, 0.25) is 0 Å². The van der Waals surface area contributed by atoms with Crippen LogP contribution >= 0.6 is 0 Å². The molecule has 17 heavy (non-hydrogen) atoms. The maximum Gasteiger partial charge on any atom is 0.331 e. The molecule has 7 heteroatoms. The fraction of sp³-hybridized carbons (Fsp3) is 0.500. The Morgan fingerprint density at radius 2 is 1.71 bits per heavy atom. The maximum absolute atomic E-state index is 11.9. The van der Waals surface area contributed by atoms with E-state index < -0.39 is 11.6 Å². The first-order chi connectivity index (χ1) is 7.73. The average molecular weight is 237 g/mol. The van der Waals surface area contributed by atoms with Crippen LogP contribution in [-0.2, 0) is 14.1 Å². The summed E-state index contributed by atoms with van der Waals surface area (Å²) in [6.45, 7) is 0. The molecule has 0 N–H and O–H groups in total. The first-order valence-corrected chi connectivity index (χ1v) is 5.16. The van der Waals surface area contributed by atoms with Crippen LogP contribution < -0.4 is 15.3 Å². The van der Waals surface area contributed by atoms with Crippen molar-refractivity contribution in [2.24, 2.45) is 14.1 Å². The Morgan fingerprint density at radius 3 is 2.24 bits per heavy atom. The summed E-state index contributed by atoms with van der Waals surface area (Å²) >= 11 is 0. The molecule has 2 heterocycles. The molecule has 0 aromatic heterocycles.